The molecule has 0 aliphatic heterocycles. The lowest BCUT2D eigenvalue weighted by atomic mass is 9.76. The fraction of sp³-hybridized carbons (Fsp3) is 0.462. The molecule has 0 aromatic heterocycles. The van der Waals surface area contributed by atoms with E-state index in [0.717, 1.165) is 22.9 Å². The highest BCUT2D eigenvalue weighted by Crippen LogP contribution is 2.38. The maximum absolute atomic E-state index is 12.0. The van der Waals surface area contributed by atoms with Gasteiger partial charge in [-0.1, -0.05) is 28.1 Å². The molecule has 0 heterocycles. The fourth-order valence-electron chi connectivity index (χ4n) is 2.05. The lowest BCUT2D eigenvalue weighted by Crippen LogP contribution is -2.41. The smallest absolute Gasteiger partial charge is 0.165 e. The number of halogens is 1. The third kappa shape index (κ3) is 2.36. The van der Waals surface area contributed by atoms with Crippen LogP contribution in [-0.2, 0) is 4.74 Å². The first kappa shape index (κ1) is 11.8. The van der Waals surface area contributed by atoms with Gasteiger partial charge in [-0.3, -0.25) is 4.79 Å². The van der Waals surface area contributed by atoms with Crippen LogP contribution in [0.1, 0.15) is 36.0 Å². The largest absolute Gasteiger partial charge is 0.378 e. The summed E-state index contributed by atoms with van der Waals surface area (Å²) in [6, 6.07) is 7.50. The molecule has 0 radical (unpaired) electrons. The van der Waals surface area contributed by atoms with Gasteiger partial charge in [0.1, 0.15) is 0 Å². The molecule has 3 heteroatoms. The summed E-state index contributed by atoms with van der Waals surface area (Å²) in [5, 5.41) is 0. The minimum atomic E-state index is -0.176. The zero-order valence-corrected chi connectivity index (χ0v) is 10.9. The van der Waals surface area contributed by atoms with E-state index in [-0.39, 0.29) is 11.4 Å². The average Bonchev–Trinajstić information content (AvgIpc) is 2.24. The standard InChI is InChI=1S/C13H15BrO2/c1-16-13(7-2-8-13)9-12(15)10-3-5-11(14)6-4-10/h3-6H,2,7-9H2,1H3. The first-order chi connectivity index (χ1) is 7.65. The van der Waals surface area contributed by atoms with Crippen molar-refractivity contribution in [1.29, 1.82) is 0 Å². The number of benzene rings is 1. The van der Waals surface area contributed by atoms with Crippen LogP contribution >= 0.6 is 15.9 Å². The third-order valence-corrected chi connectivity index (χ3v) is 3.88. The van der Waals surface area contributed by atoms with E-state index in [0.29, 0.717) is 6.42 Å². The van der Waals surface area contributed by atoms with Gasteiger partial charge in [0, 0.05) is 23.6 Å². The highest BCUT2D eigenvalue weighted by molar-refractivity contribution is 9.10. The SMILES string of the molecule is COC1(CC(=O)c2ccc(Br)cc2)CCC1. The lowest BCUT2D eigenvalue weighted by Gasteiger charge is -2.40. The molecule has 1 aliphatic rings. The summed E-state index contributed by atoms with van der Waals surface area (Å²) in [4.78, 5) is 12.0. The predicted octanol–water partition coefficient (Wildman–Crippen LogP) is 3.59. The van der Waals surface area contributed by atoms with Crippen molar-refractivity contribution in [3.05, 3.63) is 34.3 Å². The number of carbonyl (C=O) groups excluding carboxylic acids is 1. The van der Waals surface area contributed by atoms with Crippen LogP contribution in [0.5, 0.6) is 0 Å². The Morgan fingerprint density at radius 2 is 2.00 bits per heavy atom. The zero-order valence-electron chi connectivity index (χ0n) is 9.33. The van der Waals surface area contributed by atoms with E-state index >= 15 is 0 Å². The van der Waals surface area contributed by atoms with E-state index < -0.39 is 0 Å². The van der Waals surface area contributed by atoms with Gasteiger partial charge >= 0.3 is 0 Å². The van der Waals surface area contributed by atoms with Crippen molar-refractivity contribution in [2.24, 2.45) is 0 Å². The van der Waals surface area contributed by atoms with Crippen LogP contribution in [0.15, 0.2) is 28.7 Å². The van der Waals surface area contributed by atoms with Crippen LogP contribution in [-0.4, -0.2) is 18.5 Å². The lowest BCUT2D eigenvalue weighted by molar-refractivity contribution is -0.0704. The van der Waals surface area contributed by atoms with E-state index in [1.54, 1.807) is 7.11 Å². The van der Waals surface area contributed by atoms with Crippen molar-refractivity contribution in [2.75, 3.05) is 7.11 Å². The summed E-state index contributed by atoms with van der Waals surface area (Å²) in [5.41, 5.74) is 0.593. The van der Waals surface area contributed by atoms with Crippen molar-refractivity contribution in [1.82, 2.24) is 0 Å². The second kappa shape index (κ2) is 4.68. The first-order valence-corrected chi connectivity index (χ1v) is 6.28. The van der Waals surface area contributed by atoms with Crippen LogP contribution in [0.2, 0.25) is 0 Å². The number of carbonyl (C=O) groups is 1. The summed E-state index contributed by atoms with van der Waals surface area (Å²) in [6.07, 6.45) is 3.68. The summed E-state index contributed by atoms with van der Waals surface area (Å²) in [7, 11) is 1.70. The zero-order chi connectivity index (χ0) is 11.6. The number of methoxy groups -OCH3 is 1. The van der Waals surface area contributed by atoms with Gasteiger partial charge in [0.15, 0.2) is 5.78 Å². The maximum Gasteiger partial charge on any atom is 0.165 e. The van der Waals surface area contributed by atoms with Crippen molar-refractivity contribution in [3.8, 4) is 0 Å². The molecule has 1 fully saturated rings. The molecule has 86 valence electrons. The summed E-state index contributed by atoms with van der Waals surface area (Å²) in [5.74, 6) is 0.175. The Kier molecular flexibility index (Phi) is 3.45. The third-order valence-electron chi connectivity index (χ3n) is 3.35. The molecule has 0 atom stereocenters. The van der Waals surface area contributed by atoms with Crippen LogP contribution in [0.25, 0.3) is 0 Å². The molecule has 0 saturated heterocycles. The first-order valence-electron chi connectivity index (χ1n) is 5.49. The highest BCUT2D eigenvalue weighted by Gasteiger charge is 2.38. The number of ketones is 1. The van der Waals surface area contributed by atoms with E-state index in [9.17, 15) is 4.79 Å². The molecule has 0 amide bonds. The van der Waals surface area contributed by atoms with E-state index in [1.807, 2.05) is 24.3 Å². The van der Waals surface area contributed by atoms with Gasteiger partial charge < -0.3 is 4.74 Å². The quantitative estimate of drug-likeness (QED) is 0.789. The van der Waals surface area contributed by atoms with Gasteiger partial charge in [0.25, 0.3) is 0 Å². The molecule has 16 heavy (non-hydrogen) atoms. The van der Waals surface area contributed by atoms with Gasteiger partial charge in [0.2, 0.25) is 0 Å². The van der Waals surface area contributed by atoms with Crippen molar-refractivity contribution < 1.29 is 9.53 Å². The molecule has 0 bridgehead atoms. The molecule has 1 aliphatic carbocycles. The summed E-state index contributed by atoms with van der Waals surface area (Å²) < 4.78 is 6.45. The molecular weight excluding hydrogens is 268 g/mol. The average molecular weight is 283 g/mol. The van der Waals surface area contributed by atoms with Gasteiger partial charge in [0.05, 0.1) is 5.60 Å². The van der Waals surface area contributed by atoms with Gasteiger partial charge in [-0.25, -0.2) is 0 Å². The molecular formula is C13H15BrO2. The molecule has 2 rings (SSSR count). The van der Waals surface area contributed by atoms with Gasteiger partial charge in [-0.05, 0) is 31.4 Å². The fourth-order valence-corrected chi connectivity index (χ4v) is 2.32. The van der Waals surface area contributed by atoms with Crippen LogP contribution in [0.4, 0.5) is 0 Å². The monoisotopic (exact) mass is 282 g/mol. The second-order valence-corrected chi connectivity index (χ2v) is 5.26. The van der Waals surface area contributed by atoms with E-state index in [4.69, 9.17) is 4.74 Å². The molecule has 1 saturated carbocycles. The number of hydrogen-bond donors (Lipinski definition) is 0. The maximum atomic E-state index is 12.0. The Bertz CT molecular complexity index is 374. The minimum Gasteiger partial charge on any atom is -0.378 e. The Labute approximate surface area is 104 Å². The minimum absolute atomic E-state index is 0.175. The summed E-state index contributed by atoms with van der Waals surface area (Å²) >= 11 is 3.36. The molecule has 0 unspecified atom stereocenters. The number of ether oxygens (including phenoxy) is 1. The van der Waals surface area contributed by atoms with Crippen molar-refractivity contribution in [3.63, 3.8) is 0 Å². The Balaban J connectivity index is 2.05. The topological polar surface area (TPSA) is 26.3 Å². The normalized spacial score (nSPS) is 17.9. The Morgan fingerprint density at radius 3 is 2.44 bits per heavy atom. The number of rotatable bonds is 4. The highest BCUT2D eigenvalue weighted by atomic mass is 79.9. The number of hydrogen-bond acceptors (Lipinski definition) is 2. The van der Waals surface area contributed by atoms with E-state index in [2.05, 4.69) is 15.9 Å². The predicted molar refractivity (Wildman–Crippen MR) is 66.7 cm³/mol. The van der Waals surface area contributed by atoms with Crippen LogP contribution in [0.3, 0.4) is 0 Å². The molecule has 0 N–H and O–H groups in total. The van der Waals surface area contributed by atoms with Gasteiger partial charge in [-0.15, -0.1) is 0 Å². The molecule has 1 aromatic rings. The van der Waals surface area contributed by atoms with Crippen molar-refractivity contribution in [2.45, 2.75) is 31.3 Å². The summed E-state index contributed by atoms with van der Waals surface area (Å²) in [6.45, 7) is 0. The number of Topliss-reactive ketones (excluding diaryl/α,β-unsaturated/α-hetero) is 1. The van der Waals surface area contributed by atoms with Gasteiger partial charge in [-0.2, -0.15) is 0 Å². The second-order valence-electron chi connectivity index (χ2n) is 4.35. The molecule has 1 aromatic carbocycles. The molecule has 0 spiro atoms. The Morgan fingerprint density at radius 1 is 1.38 bits per heavy atom. The van der Waals surface area contributed by atoms with E-state index in [1.165, 1.54) is 6.42 Å². The van der Waals surface area contributed by atoms with Crippen molar-refractivity contribution >= 4 is 21.7 Å². The molecule has 2 nitrogen and oxygen atoms in total. The Hall–Kier alpha value is -0.670. The van der Waals surface area contributed by atoms with Crippen LogP contribution in [0, 0.1) is 0 Å². The van der Waals surface area contributed by atoms with Crippen LogP contribution < -0.4 is 0 Å².